The molecule has 90 valence electrons. The van der Waals surface area contributed by atoms with Crippen LogP contribution in [0.4, 0.5) is 5.69 Å². The summed E-state index contributed by atoms with van der Waals surface area (Å²) in [5.74, 6) is 0.246. The van der Waals surface area contributed by atoms with Crippen molar-refractivity contribution in [3.63, 3.8) is 0 Å². The van der Waals surface area contributed by atoms with Gasteiger partial charge < -0.3 is 15.7 Å². The summed E-state index contributed by atoms with van der Waals surface area (Å²) in [7, 11) is 4.04. The first kappa shape index (κ1) is 13.0. The average molecular weight is 222 g/mol. The molecule has 0 saturated carbocycles. The maximum Gasteiger partial charge on any atom is 0.0518 e. The normalized spacial score (nSPS) is 14.6. The van der Waals surface area contributed by atoms with Crippen LogP contribution in [0.25, 0.3) is 0 Å². The molecule has 0 fully saturated rings. The number of hydrogen-bond donors (Lipinski definition) is 2. The summed E-state index contributed by atoms with van der Waals surface area (Å²) >= 11 is 0. The van der Waals surface area contributed by atoms with Crippen LogP contribution in [0.2, 0.25) is 0 Å². The van der Waals surface area contributed by atoms with Crippen LogP contribution in [0.15, 0.2) is 24.3 Å². The lowest BCUT2D eigenvalue weighted by molar-refractivity contribution is 0.175. The second-order valence-electron chi connectivity index (χ2n) is 4.50. The quantitative estimate of drug-likeness (QED) is 0.795. The predicted octanol–water partition coefficient (Wildman–Crippen LogP) is 1.57. The van der Waals surface area contributed by atoms with Crippen molar-refractivity contribution in [2.45, 2.75) is 25.4 Å². The molecule has 0 aliphatic carbocycles. The van der Waals surface area contributed by atoms with Gasteiger partial charge in [-0.25, -0.2) is 0 Å². The number of nitrogens with zero attached hydrogens (tertiary/aromatic N) is 1. The Hall–Kier alpha value is -1.06. The van der Waals surface area contributed by atoms with Crippen LogP contribution in [-0.4, -0.2) is 31.9 Å². The topological polar surface area (TPSA) is 49.5 Å². The van der Waals surface area contributed by atoms with Gasteiger partial charge in [0.2, 0.25) is 0 Å². The molecular weight excluding hydrogens is 200 g/mol. The third-order valence-corrected chi connectivity index (χ3v) is 2.79. The van der Waals surface area contributed by atoms with E-state index < -0.39 is 0 Å². The van der Waals surface area contributed by atoms with Crippen LogP contribution in [0, 0.1) is 0 Å². The van der Waals surface area contributed by atoms with Gasteiger partial charge in [-0.15, -0.1) is 0 Å². The maximum absolute atomic E-state index is 9.39. The molecule has 2 atom stereocenters. The molecule has 3 N–H and O–H groups in total. The summed E-state index contributed by atoms with van der Waals surface area (Å²) in [6.07, 6.45) is 0.416. The molecule has 16 heavy (non-hydrogen) atoms. The Morgan fingerprint density at radius 3 is 2.19 bits per heavy atom. The number of hydrogen-bond acceptors (Lipinski definition) is 3. The zero-order valence-corrected chi connectivity index (χ0v) is 10.4. The summed E-state index contributed by atoms with van der Waals surface area (Å²) < 4.78 is 0. The molecule has 0 aromatic heterocycles. The third kappa shape index (κ3) is 3.51. The number of anilines is 1. The second-order valence-corrected chi connectivity index (χ2v) is 4.50. The summed E-state index contributed by atoms with van der Waals surface area (Å²) in [5.41, 5.74) is 8.11. The predicted molar refractivity (Wildman–Crippen MR) is 68.9 cm³/mol. The van der Waals surface area contributed by atoms with Crippen molar-refractivity contribution in [2.75, 3.05) is 25.5 Å². The fraction of sp³-hybridized carbons (Fsp3) is 0.538. The van der Waals surface area contributed by atoms with Crippen molar-refractivity contribution in [1.82, 2.24) is 0 Å². The summed E-state index contributed by atoms with van der Waals surface area (Å²) in [6.45, 7) is 2.38. The van der Waals surface area contributed by atoms with E-state index in [2.05, 4.69) is 29.2 Å². The standard InChI is InChI=1S/C13H22N2O/c1-10(16)8-12(9-14)11-4-6-13(7-5-11)15(2)3/h4-7,10,12,16H,8-9,14H2,1-3H3. The number of aliphatic hydroxyl groups excluding tert-OH is 1. The zero-order valence-electron chi connectivity index (χ0n) is 10.4. The smallest absolute Gasteiger partial charge is 0.0518 e. The van der Waals surface area contributed by atoms with Gasteiger partial charge in [0.15, 0.2) is 0 Å². The molecule has 0 saturated heterocycles. The molecule has 0 spiro atoms. The van der Waals surface area contributed by atoms with Crippen molar-refractivity contribution in [3.8, 4) is 0 Å². The van der Waals surface area contributed by atoms with E-state index in [1.54, 1.807) is 6.92 Å². The summed E-state index contributed by atoms with van der Waals surface area (Å²) in [4.78, 5) is 2.07. The van der Waals surface area contributed by atoms with Crippen LogP contribution in [0.5, 0.6) is 0 Å². The SMILES string of the molecule is CC(O)CC(CN)c1ccc(N(C)C)cc1. The number of rotatable bonds is 5. The number of benzene rings is 1. The lowest BCUT2D eigenvalue weighted by Gasteiger charge is -2.18. The molecule has 2 unspecified atom stereocenters. The first-order valence-corrected chi connectivity index (χ1v) is 5.70. The van der Waals surface area contributed by atoms with E-state index in [9.17, 15) is 5.11 Å². The molecule has 0 bridgehead atoms. The Bertz CT molecular complexity index is 306. The molecule has 0 amide bonds. The van der Waals surface area contributed by atoms with Crippen molar-refractivity contribution in [3.05, 3.63) is 29.8 Å². The molecular formula is C13H22N2O. The Balaban J connectivity index is 2.78. The molecule has 0 radical (unpaired) electrons. The first-order chi connectivity index (χ1) is 7.54. The molecule has 3 nitrogen and oxygen atoms in total. The third-order valence-electron chi connectivity index (χ3n) is 2.79. The van der Waals surface area contributed by atoms with Crippen LogP contribution in [0.1, 0.15) is 24.8 Å². The van der Waals surface area contributed by atoms with Crippen molar-refractivity contribution in [2.24, 2.45) is 5.73 Å². The van der Waals surface area contributed by atoms with Crippen LogP contribution >= 0.6 is 0 Å². The highest BCUT2D eigenvalue weighted by molar-refractivity contribution is 5.46. The van der Waals surface area contributed by atoms with E-state index in [0.29, 0.717) is 6.54 Å². The Morgan fingerprint density at radius 2 is 1.81 bits per heavy atom. The van der Waals surface area contributed by atoms with Gasteiger partial charge in [0.1, 0.15) is 0 Å². The average Bonchev–Trinajstić information content (AvgIpc) is 2.25. The molecule has 1 rings (SSSR count). The van der Waals surface area contributed by atoms with Gasteiger partial charge >= 0.3 is 0 Å². The van der Waals surface area contributed by atoms with Gasteiger partial charge in [0.25, 0.3) is 0 Å². The van der Waals surface area contributed by atoms with Crippen LogP contribution in [-0.2, 0) is 0 Å². The minimum atomic E-state index is -0.304. The summed E-state index contributed by atoms with van der Waals surface area (Å²) in [6, 6.07) is 8.35. The largest absolute Gasteiger partial charge is 0.393 e. The van der Waals surface area contributed by atoms with Gasteiger partial charge in [0, 0.05) is 19.8 Å². The highest BCUT2D eigenvalue weighted by Crippen LogP contribution is 2.22. The first-order valence-electron chi connectivity index (χ1n) is 5.70. The van der Waals surface area contributed by atoms with E-state index in [0.717, 1.165) is 6.42 Å². The van der Waals surface area contributed by atoms with Crippen LogP contribution in [0.3, 0.4) is 0 Å². The van der Waals surface area contributed by atoms with Gasteiger partial charge in [-0.05, 0) is 43.5 Å². The van der Waals surface area contributed by atoms with E-state index >= 15 is 0 Å². The Kier molecular flexibility index (Phi) is 4.77. The van der Waals surface area contributed by atoms with E-state index in [-0.39, 0.29) is 12.0 Å². The molecule has 0 aliphatic rings. The van der Waals surface area contributed by atoms with Crippen molar-refractivity contribution >= 4 is 5.69 Å². The molecule has 1 aromatic rings. The molecule has 1 aromatic carbocycles. The van der Waals surface area contributed by atoms with Crippen molar-refractivity contribution < 1.29 is 5.11 Å². The van der Waals surface area contributed by atoms with Gasteiger partial charge in [-0.1, -0.05) is 12.1 Å². The maximum atomic E-state index is 9.39. The lowest BCUT2D eigenvalue weighted by Crippen LogP contribution is -2.17. The highest BCUT2D eigenvalue weighted by Gasteiger charge is 2.12. The fourth-order valence-electron chi connectivity index (χ4n) is 1.82. The van der Waals surface area contributed by atoms with Gasteiger partial charge in [-0.2, -0.15) is 0 Å². The monoisotopic (exact) mass is 222 g/mol. The Morgan fingerprint density at radius 1 is 1.25 bits per heavy atom. The minimum absolute atomic E-state index is 0.246. The number of nitrogens with two attached hydrogens (primary N) is 1. The molecule has 0 heterocycles. The molecule has 0 aliphatic heterocycles. The van der Waals surface area contributed by atoms with Crippen molar-refractivity contribution in [1.29, 1.82) is 0 Å². The lowest BCUT2D eigenvalue weighted by atomic mass is 9.93. The zero-order chi connectivity index (χ0) is 12.1. The van der Waals surface area contributed by atoms with Gasteiger partial charge in [0.05, 0.1) is 6.10 Å². The van der Waals surface area contributed by atoms with Crippen LogP contribution < -0.4 is 10.6 Å². The van der Waals surface area contributed by atoms with Gasteiger partial charge in [-0.3, -0.25) is 0 Å². The molecule has 3 heteroatoms. The Labute approximate surface area is 97.9 Å². The van der Waals surface area contributed by atoms with E-state index in [1.807, 2.05) is 14.1 Å². The minimum Gasteiger partial charge on any atom is -0.393 e. The highest BCUT2D eigenvalue weighted by atomic mass is 16.3. The fourth-order valence-corrected chi connectivity index (χ4v) is 1.82. The second kappa shape index (κ2) is 5.87. The van der Waals surface area contributed by atoms with E-state index in [1.165, 1.54) is 11.3 Å². The summed E-state index contributed by atoms with van der Waals surface area (Å²) in [5, 5.41) is 9.39. The van der Waals surface area contributed by atoms with E-state index in [4.69, 9.17) is 5.73 Å². The number of aliphatic hydroxyl groups is 1.